The summed E-state index contributed by atoms with van der Waals surface area (Å²) >= 11 is 1.35. The van der Waals surface area contributed by atoms with Gasteiger partial charge in [0.15, 0.2) is 4.80 Å². The van der Waals surface area contributed by atoms with Gasteiger partial charge >= 0.3 is 5.69 Å². The topological polar surface area (TPSA) is 91.2 Å². The molecule has 3 heterocycles. The van der Waals surface area contributed by atoms with Gasteiger partial charge in [-0.15, -0.1) is 11.3 Å². The summed E-state index contributed by atoms with van der Waals surface area (Å²) in [6.07, 6.45) is 3.21. The third-order valence-corrected chi connectivity index (χ3v) is 5.67. The maximum absolute atomic E-state index is 12.8. The van der Waals surface area contributed by atoms with E-state index in [4.69, 9.17) is 0 Å². The molecule has 3 aromatic heterocycles. The third-order valence-electron chi connectivity index (χ3n) is 4.87. The number of nitrogens with zero attached hydrogens (tertiary/aromatic N) is 5. The van der Waals surface area contributed by atoms with Crippen molar-refractivity contribution in [3.8, 4) is 0 Å². The molecule has 0 saturated carbocycles. The SMILES string of the molecule is Cc1ccc(Cn2ccsc2=NC(=O)c2cnc3c(c2)c(=O)n(C)c(=O)n3C)cc1. The molecule has 1 amide bonds. The smallest absolute Gasteiger partial charge is 0.319 e. The fourth-order valence-electron chi connectivity index (χ4n) is 3.13. The molecule has 0 atom stereocenters. The summed E-state index contributed by atoms with van der Waals surface area (Å²) in [6, 6.07) is 9.60. The Bertz CT molecular complexity index is 1460. The fourth-order valence-corrected chi connectivity index (χ4v) is 3.86. The molecular weight excluding hydrogens is 402 g/mol. The van der Waals surface area contributed by atoms with E-state index in [2.05, 4.69) is 9.98 Å². The molecule has 4 rings (SSSR count). The van der Waals surface area contributed by atoms with Crippen molar-refractivity contribution in [3.63, 3.8) is 0 Å². The predicted molar refractivity (Wildman–Crippen MR) is 115 cm³/mol. The predicted octanol–water partition coefficient (Wildman–Crippen LogP) is 1.59. The average molecular weight is 421 g/mol. The summed E-state index contributed by atoms with van der Waals surface area (Å²) in [5.41, 5.74) is 1.73. The minimum absolute atomic E-state index is 0.188. The van der Waals surface area contributed by atoms with Crippen molar-refractivity contribution in [3.05, 3.63) is 90.4 Å². The largest absolute Gasteiger partial charge is 0.332 e. The number of carbonyl (C=O) groups excluding carboxylic acids is 1. The maximum Gasteiger partial charge on any atom is 0.332 e. The Morgan fingerprint density at radius 2 is 1.87 bits per heavy atom. The minimum atomic E-state index is -0.500. The summed E-state index contributed by atoms with van der Waals surface area (Å²) in [4.78, 5) is 46.2. The van der Waals surface area contributed by atoms with Gasteiger partial charge in [0.25, 0.3) is 11.5 Å². The van der Waals surface area contributed by atoms with Gasteiger partial charge in [0.05, 0.1) is 10.9 Å². The highest BCUT2D eigenvalue weighted by atomic mass is 32.1. The van der Waals surface area contributed by atoms with E-state index in [-0.39, 0.29) is 16.6 Å². The summed E-state index contributed by atoms with van der Waals surface area (Å²) in [6.45, 7) is 2.62. The quantitative estimate of drug-likeness (QED) is 0.502. The highest BCUT2D eigenvalue weighted by molar-refractivity contribution is 7.07. The molecule has 0 saturated heterocycles. The van der Waals surface area contributed by atoms with E-state index >= 15 is 0 Å². The zero-order valence-corrected chi connectivity index (χ0v) is 17.5. The van der Waals surface area contributed by atoms with E-state index in [1.807, 2.05) is 47.3 Å². The van der Waals surface area contributed by atoms with Crippen molar-refractivity contribution < 1.29 is 4.79 Å². The molecule has 1 aromatic carbocycles. The number of hydrogen-bond donors (Lipinski definition) is 0. The van der Waals surface area contributed by atoms with Crippen LogP contribution in [0.5, 0.6) is 0 Å². The molecule has 0 spiro atoms. The lowest BCUT2D eigenvalue weighted by Gasteiger charge is -2.07. The van der Waals surface area contributed by atoms with Gasteiger partial charge < -0.3 is 4.57 Å². The van der Waals surface area contributed by atoms with Crippen LogP contribution in [0.15, 0.2) is 62.7 Å². The molecule has 0 unspecified atom stereocenters. The standard InChI is InChI=1S/C21H19N5O3S/c1-13-4-6-14(7-5-13)12-26-8-9-30-20(26)23-18(27)15-10-16-17(22-11-15)24(2)21(29)25(3)19(16)28/h4-11H,12H2,1-3H3. The Kier molecular flexibility index (Phi) is 5.04. The lowest BCUT2D eigenvalue weighted by molar-refractivity contribution is 0.0997. The lowest BCUT2D eigenvalue weighted by atomic mass is 10.1. The molecule has 0 bridgehead atoms. The van der Waals surface area contributed by atoms with E-state index in [9.17, 15) is 14.4 Å². The van der Waals surface area contributed by atoms with Crippen molar-refractivity contribution in [1.82, 2.24) is 18.7 Å². The van der Waals surface area contributed by atoms with Crippen molar-refractivity contribution in [2.24, 2.45) is 19.1 Å². The zero-order chi connectivity index (χ0) is 21.4. The first-order valence-electron chi connectivity index (χ1n) is 9.19. The Hall–Kier alpha value is -3.59. The van der Waals surface area contributed by atoms with Crippen molar-refractivity contribution in [2.75, 3.05) is 0 Å². The van der Waals surface area contributed by atoms with Crippen LogP contribution in [0.1, 0.15) is 21.5 Å². The number of rotatable bonds is 3. The van der Waals surface area contributed by atoms with Gasteiger partial charge in [-0.2, -0.15) is 4.99 Å². The van der Waals surface area contributed by atoms with Crippen molar-refractivity contribution in [1.29, 1.82) is 0 Å². The molecule has 4 aromatic rings. The summed E-state index contributed by atoms with van der Waals surface area (Å²) in [7, 11) is 2.92. The minimum Gasteiger partial charge on any atom is -0.319 e. The van der Waals surface area contributed by atoms with Gasteiger partial charge in [0, 0.05) is 38.4 Å². The summed E-state index contributed by atoms with van der Waals surface area (Å²) < 4.78 is 4.16. The van der Waals surface area contributed by atoms with Crippen LogP contribution in [-0.4, -0.2) is 24.6 Å². The van der Waals surface area contributed by atoms with Crippen molar-refractivity contribution >= 4 is 28.3 Å². The molecule has 0 fully saturated rings. The average Bonchev–Trinajstić information content (AvgIpc) is 3.18. The van der Waals surface area contributed by atoms with Crippen LogP contribution in [0.25, 0.3) is 11.0 Å². The van der Waals surface area contributed by atoms with E-state index in [1.165, 1.54) is 47.8 Å². The third kappa shape index (κ3) is 3.55. The first-order chi connectivity index (χ1) is 14.3. The second kappa shape index (κ2) is 7.68. The van der Waals surface area contributed by atoms with Crippen LogP contribution in [-0.2, 0) is 20.6 Å². The van der Waals surface area contributed by atoms with Gasteiger partial charge in [0.2, 0.25) is 0 Å². The lowest BCUT2D eigenvalue weighted by Crippen LogP contribution is -2.37. The molecular formula is C21H19N5O3S. The molecule has 0 N–H and O–H groups in total. The molecule has 0 aliphatic carbocycles. The highest BCUT2D eigenvalue weighted by Gasteiger charge is 2.13. The van der Waals surface area contributed by atoms with Gasteiger partial charge in [0.1, 0.15) is 5.65 Å². The monoisotopic (exact) mass is 421 g/mol. The second-order valence-corrected chi connectivity index (χ2v) is 7.89. The van der Waals surface area contributed by atoms with Crippen molar-refractivity contribution in [2.45, 2.75) is 13.5 Å². The Balaban J connectivity index is 1.73. The molecule has 0 aliphatic heterocycles. The number of thiazole rings is 1. The Morgan fingerprint density at radius 1 is 1.13 bits per heavy atom. The van der Waals surface area contributed by atoms with Crippen LogP contribution < -0.4 is 16.1 Å². The van der Waals surface area contributed by atoms with Crippen LogP contribution in [0, 0.1) is 6.92 Å². The summed E-state index contributed by atoms with van der Waals surface area (Å²) in [5.74, 6) is -0.500. The number of amides is 1. The first-order valence-corrected chi connectivity index (χ1v) is 10.1. The van der Waals surface area contributed by atoms with Crippen LogP contribution in [0.2, 0.25) is 0 Å². The Labute approximate surface area is 175 Å². The second-order valence-electron chi connectivity index (χ2n) is 7.02. The first kappa shape index (κ1) is 19.7. The van der Waals surface area contributed by atoms with Gasteiger partial charge in [-0.25, -0.2) is 9.78 Å². The number of aromatic nitrogens is 4. The molecule has 9 heteroatoms. The number of fused-ring (bicyclic) bond motifs is 1. The Morgan fingerprint density at radius 3 is 2.60 bits per heavy atom. The normalized spacial score (nSPS) is 11.9. The van der Waals surface area contributed by atoms with Gasteiger partial charge in [-0.3, -0.25) is 18.7 Å². The van der Waals surface area contributed by atoms with Gasteiger partial charge in [-0.1, -0.05) is 29.8 Å². The highest BCUT2D eigenvalue weighted by Crippen LogP contribution is 2.09. The molecule has 0 aliphatic rings. The number of carbonyl (C=O) groups is 1. The van der Waals surface area contributed by atoms with E-state index < -0.39 is 17.2 Å². The summed E-state index contributed by atoms with van der Waals surface area (Å²) in [5, 5.41) is 2.06. The van der Waals surface area contributed by atoms with Crippen LogP contribution in [0.4, 0.5) is 0 Å². The van der Waals surface area contributed by atoms with E-state index in [1.54, 1.807) is 0 Å². The number of pyridine rings is 1. The number of aryl methyl sites for hydroxylation is 2. The van der Waals surface area contributed by atoms with E-state index in [0.29, 0.717) is 11.3 Å². The van der Waals surface area contributed by atoms with Crippen LogP contribution in [0.3, 0.4) is 0 Å². The molecule has 30 heavy (non-hydrogen) atoms. The number of hydrogen-bond acceptors (Lipinski definition) is 5. The molecule has 8 nitrogen and oxygen atoms in total. The fraction of sp³-hybridized carbons (Fsp3) is 0.190. The van der Waals surface area contributed by atoms with Crippen LogP contribution >= 0.6 is 11.3 Å². The van der Waals surface area contributed by atoms with E-state index in [0.717, 1.165) is 10.1 Å². The maximum atomic E-state index is 12.8. The van der Waals surface area contributed by atoms with Gasteiger partial charge in [-0.05, 0) is 18.6 Å². The molecule has 152 valence electrons. The molecule has 0 radical (unpaired) electrons. The zero-order valence-electron chi connectivity index (χ0n) is 16.7. The number of benzene rings is 1.